The van der Waals surface area contributed by atoms with E-state index in [-0.39, 0.29) is 5.95 Å². The van der Waals surface area contributed by atoms with Crippen molar-refractivity contribution in [1.29, 1.82) is 0 Å². The molecule has 2 heterocycles. The van der Waals surface area contributed by atoms with Crippen molar-refractivity contribution in [2.45, 2.75) is 6.92 Å². The van der Waals surface area contributed by atoms with Gasteiger partial charge >= 0.3 is 0 Å². The summed E-state index contributed by atoms with van der Waals surface area (Å²) in [5.74, 6) is -5.61. The van der Waals surface area contributed by atoms with E-state index >= 15 is 0 Å². The van der Waals surface area contributed by atoms with E-state index in [1.807, 2.05) is 5.38 Å². The van der Waals surface area contributed by atoms with Crippen molar-refractivity contribution in [2.75, 3.05) is 5.32 Å². The first-order valence-electron chi connectivity index (χ1n) is 5.73. The second-order valence-electron chi connectivity index (χ2n) is 4.18. The summed E-state index contributed by atoms with van der Waals surface area (Å²) >= 11 is 1.32. The Morgan fingerprint density at radius 2 is 2.05 bits per heavy atom. The van der Waals surface area contributed by atoms with Crippen molar-refractivity contribution < 1.29 is 18.0 Å². The zero-order valence-electron chi connectivity index (χ0n) is 10.5. The van der Waals surface area contributed by atoms with Crippen LogP contribution in [0.2, 0.25) is 0 Å². The van der Waals surface area contributed by atoms with Gasteiger partial charge in [0.25, 0.3) is 11.9 Å². The summed E-state index contributed by atoms with van der Waals surface area (Å²) in [6.07, 6.45) is 0. The van der Waals surface area contributed by atoms with Gasteiger partial charge in [0.2, 0.25) is 4.96 Å². The number of benzene rings is 1. The molecule has 0 atom stereocenters. The topological polar surface area (TPSA) is 59.3 Å². The Balaban J connectivity index is 1.91. The molecular formula is C12H7F3N4OS. The third kappa shape index (κ3) is 2.25. The minimum atomic E-state index is -1.70. The number of aromatic nitrogens is 3. The zero-order chi connectivity index (χ0) is 15.1. The molecule has 0 bridgehead atoms. The number of hydrogen-bond acceptors (Lipinski definition) is 4. The molecule has 2 aromatic heterocycles. The molecule has 0 spiro atoms. The van der Waals surface area contributed by atoms with Crippen LogP contribution in [0, 0.1) is 24.4 Å². The number of fused-ring (bicyclic) bond motifs is 1. The highest BCUT2D eigenvalue weighted by Crippen LogP contribution is 2.18. The molecule has 5 nitrogen and oxygen atoms in total. The number of carbonyl (C=O) groups excluding carboxylic acids is 1. The van der Waals surface area contributed by atoms with Gasteiger partial charge in [-0.2, -0.15) is 4.98 Å². The van der Waals surface area contributed by atoms with Gasteiger partial charge in [-0.15, -0.1) is 16.4 Å². The van der Waals surface area contributed by atoms with Gasteiger partial charge in [0.1, 0.15) is 0 Å². The van der Waals surface area contributed by atoms with E-state index in [2.05, 4.69) is 15.4 Å². The number of thiazole rings is 1. The maximum atomic E-state index is 13.5. The van der Waals surface area contributed by atoms with Crippen LogP contribution in [-0.2, 0) is 0 Å². The summed E-state index contributed by atoms with van der Waals surface area (Å²) in [4.78, 5) is 16.4. The maximum Gasteiger partial charge on any atom is 0.261 e. The molecule has 1 N–H and O–H groups in total. The van der Waals surface area contributed by atoms with Gasteiger partial charge in [-0.3, -0.25) is 10.1 Å². The number of rotatable bonds is 2. The van der Waals surface area contributed by atoms with Crippen LogP contribution in [0.3, 0.4) is 0 Å². The molecule has 3 aromatic rings. The maximum absolute atomic E-state index is 13.5. The Morgan fingerprint density at radius 1 is 1.29 bits per heavy atom. The molecule has 1 aromatic carbocycles. The standard InChI is InChI=1S/C12H7F3N4OS/c1-5-4-21-12-17-11(18-19(5)12)16-10(20)6-2-3-7(13)9(15)8(6)14/h2-4H,1H3,(H,16,18,20). The molecule has 0 aliphatic rings. The third-order valence-corrected chi connectivity index (χ3v) is 3.69. The molecule has 9 heteroatoms. The SMILES string of the molecule is Cc1csc2nc(NC(=O)c3ccc(F)c(F)c3F)nn12. The second-order valence-corrected chi connectivity index (χ2v) is 5.02. The zero-order valence-corrected chi connectivity index (χ0v) is 11.3. The molecule has 0 aliphatic heterocycles. The van der Waals surface area contributed by atoms with E-state index in [0.717, 1.165) is 11.8 Å². The Kier molecular flexibility index (Phi) is 3.13. The monoisotopic (exact) mass is 312 g/mol. The normalized spacial score (nSPS) is 11.0. The minimum Gasteiger partial charge on any atom is -0.289 e. The molecule has 0 unspecified atom stereocenters. The average Bonchev–Trinajstić information content (AvgIpc) is 2.98. The van der Waals surface area contributed by atoms with Gasteiger partial charge in [0.05, 0.1) is 11.3 Å². The predicted molar refractivity (Wildman–Crippen MR) is 69.9 cm³/mol. The Labute approximate surface area is 120 Å². The summed E-state index contributed by atoms with van der Waals surface area (Å²) in [6.45, 7) is 1.80. The van der Waals surface area contributed by atoms with E-state index in [0.29, 0.717) is 11.0 Å². The molecule has 108 valence electrons. The number of halogens is 3. The average molecular weight is 312 g/mol. The first-order chi connectivity index (χ1) is 9.97. The summed E-state index contributed by atoms with van der Waals surface area (Å²) in [5.41, 5.74) is 0.200. The van der Waals surface area contributed by atoms with Crippen molar-refractivity contribution in [3.8, 4) is 0 Å². The van der Waals surface area contributed by atoms with Crippen LogP contribution in [0.4, 0.5) is 19.1 Å². The Hall–Kier alpha value is -2.42. The van der Waals surface area contributed by atoms with Crippen LogP contribution in [-0.4, -0.2) is 20.5 Å². The third-order valence-electron chi connectivity index (χ3n) is 2.75. The lowest BCUT2D eigenvalue weighted by molar-refractivity contribution is 0.102. The van der Waals surface area contributed by atoms with Crippen LogP contribution in [0.15, 0.2) is 17.5 Å². The number of carbonyl (C=O) groups is 1. The summed E-state index contributed by atoms with van der Waals surface area (Å²) in [7, 11) is 0. The molecule has 0 saturated heterocycles. The van der Waals surface area contributed by atoms with Gasteiger partial charge in [-0.05, 0) is 19.1 Å². The number of nitrogens with one attached hydrogen (secondary N) is 1. The fraction of sp³-hybridized carbons (Fsp3) is 0.0833. The van der Waals surface area contributed by atoms with Gasteiger partial charge in [-0.1, -0.05) is 0 Å². The molecule has 0 aliphatic carbocycles. The number of aryl methyl sites for hydroxylation is 1. The van der Waals surface area contributed by atoms with Crippen molar-refractivity contribution in [3.05, 3.63) is 46.2 Å². The molecule has 0 saturated carbocycles. The molecule has 0 radical (unpaired) electrons. The molecular weight excluding hydrogens is 305 g/mol. The van der Waals surface area contributed by atoms with Gasteiger partial charge in [0.15, 0.2) is 17.5 Å². The quantitative estimate of drug-likeness (QED) is 0.740. The highest BCUT2D eigenvalue weighted by molar-refractivity contribution is 7.15. The van der Waals surface area contributed by atoms with Crippen LogP contribution in [0.1, 0.15) is 16.1 Å². The highest BCUT2D eigenvalue weighted by Gasteiger charge is 2.20. The van der Waals surface area contributed by atoms with Crippen LogP contribution >= 0.6 is 11.3 Å². The predicted octanol–water partition coefficient (Wildman–Crippen LogP) is 2.77. The molecule has 3 rings (SSSR count). The van der Waals surface area contributed by atoms with Crippen molar-refractivity contribution >= 4 is 28.2 Å². The summed E-state index contributed by atoms with van der Waals surface area (Å²) in [6, 6.07) is 1.53. The second kappa shape index (κ2) is 4.85. The van der Waals surface area contributed by atoms with Crippen molar-refractivity contribution in [1.82, 2.24) is 14.6 Å². The lowest BCUT2D eigenvalue weighted by Gasteiger charge is -2.03. The van der Waals surface area contributed by atoms with Crippen LogP contribution in [0.25, 0.3) is 4.96 Å². The number of nitrogens with zero attached hydrogens (tertiary/aromatic N) is 3. The minimum absolute atomic E-state index is 0.0425. The lowest BCUT2D eigenvalue weighted by Crippen LogP contribution is -2.16. The van der Waals surface area contributed by atoms with E-state index in [1.165, 1.54) is 15.9 Å². The van der Waals surface area contributed by atoms with E-state index < -0.39 is 28.9 Å². The van der Waals surface area contributed by atoms with E-state index in [9.17, 15) is 18.0 Å². The van der Waals surface area contributed by atoms with Gasteiger partial charge in [-0.25, -0.2) is 17.7 Å². The number of anilines is 1. The fourth-order valence-electron chi connectivity index (χ4n) is 1.71. The smallest absolute Gasteiger partial charge is 0.261 e. The molecule has 1 amide bonds. The Morgan fingerprint density at radius 3 is 2.76 bits per heavy atom. The van der Waals surface area contributed by atoms with Gasteiger partial charge < -0.3 is 0 Å². The Bertz CT molecular complexity index is 858. The molecule has 21 heavy (non-hydrogen) atoms. The number of hydrogen-bond donors (Lipinski definition) is 1. The largest absolute Gasteiger partial charge is 0.289 e. The summed E-state index contributed by atoms with van der Waals surface area (Å²) < 4.78 is 40.9. The molecule has 0 fully saturated rings. The first-order valence-corrected chi connectivity index (χ1v) is 6.61. The lowest BCUT2D eigenvalue weighted by atomic mass is 10.2. The fourth-order valence-corrected chi connectivity index (χ4v) is 2.51. The highest BCUT2D eigenvalue weighted by atomic mass is 32.1. The van der Waals surface area contributed by atoms with Crippen molar-refractivity contribution in [2.24, 2.45) is 0 Å². The van der Waals surface area contributed by atoms with E-state index in [1.54, 1.807) is 6.92 Å². The van der Waals surface area contributed by atoms with Crippen molar-refractivity contribution in [3.63, 3.8) is 0 Å². The van der Waals surface area contributed by atoms with Gasteiger partial charge in [0, 0.05) is 5.38 Å². The van der Waals surface area contributed by atoms with Crippen LogP contribution < -0.4 is 5.32 Å². The first kappa shape index (κ1) is 13.6. The van der Waals surface area contributed by atoms with Crippen LogP contribution in [0.5, 0.6) is 0 Å². The summed E-state index contributed by atoms with van der Waals surface area (Å²) in [5, 5.41) is 8.07. The van der Waals surface area contributed by atoms with E-state index in [4.69, 9.17) is 0 Å². The number of amides is 1.